The smallest absolute Gasteiger partial charge is 0.315 e. The first kappa shape index (κ1) is 17.0. The molecule has 1 atom stereocenters. The summed E-state index contributed by atoms with van der Waals surface area (Å²) in [5.74, 6) is -1.26. The van der Waals surface area contributed by atoms with Crippen LogP contribution in [-0.2, 0) is 9.59 Å². The highest BCUT2D eigenvalue weighted by molar-refractivity contribution is 6.43. The van der Waals surface area contributed by atoms with Gasteiger partial charge >= 0.3 is 11.8 Å². The number of aromatic nitrogens is 3. The van der Waals surface area contributed by atoms with Gasteiger partial charge in [0.1, 0.15) is 5.15 Å². The summed E-state index contributed by atoms with van der Waals surface area (Å²) < 4.78 is 1.82. The molecule has 0 saturated carbocycles. The molecule has 0 spiro atoms. The van der Waals surface area contributed by atoms with Gasteiger partial charge in [-0.2, -0.15) is 5.10 Å². The van der Waals surface area contributed by atoms with Crippen LogP contribution in [-0.4, -0.2) is 26.6 Å². The van der Waals surface area contributed by atoms with Crippen LogP contribution in [0.15, 0.2) is 24.4 Å². The second-order valence-corrected chi connectivity index (χ2v) is 5.54. The molecule has 122 valence electrons. The fourth-order valence-electron chi connectivity index (χ4n) is 2.01. The van der Waals surface area contributed by atoms with Gasteiger partial charge in [0.25, 0.3) is 0 Å². The predicted molar refractivity (Wildman–Crippen MR) is 88.5 cm³/mol. The topological polar surface area (TPSA) is 88.9 Å². The van der Waals surface area contributed by atoms with Gasteiger partial charge in [-0.3, -0.25) is 14.3 Å². The predicted octanol–water partition coefficient (Wildman–Crippen LogP) is 2.79. The zero-order valence-electron chi connectivity index (χ0n) is 13.1. The van der Waals surface area contributed by atoms with Crippen molar-refractivity contribution in [2.75, 3.05) is 10.6 Å². The normalized spacial score (nSPS) is 11.8. The van der Waals surface area contributed by atoms with Crippen LogP contribution in [0, 0.1) is 6.92 Å². The highest BCUT2D eigenvalue weighted by atomic mass is 35.5. The lowest BCUT2D eigenvalue weighted by Gasteiger charge is -2.10. The molecule has 2 aromatic heterocycles. The van der Waals surface area contributed by atoms with E-state index in [1.54, 1.807) is 12.1 Å². The van der Waals surface area contributed by atoms with Crippen molar-refractivity contribution in [3.63, 3.8) is 0 Å². The molecule has 0 aliphatic carbocycles. The molecule has 1 unspecified atom stereocenters. The molecule has 0 aromatic carbocycles. The summed E-state index contributed by atoms with van der Waals surface area (Å²) in [6.45, 7) is 5.98. The number of pyridine rings is 1. The maximum Gasteiger partial charge on any atom is 0.315 e. The zero-order chi connectivity index (χ0) is 17.0. The number of amides is 2. The van der Waals surface area contributed by atoms with E-state index < -0.39 is 11.8 Å². The van der Waals surface area contributed by atoms with Gasteiger partial charge in [-0.25, -0.2) is 4.98 Å². The van der Waals surface area contributed by atoms with Crippen molar-refractivity contribution < 1.29 is 9.59 Å². The molecular weight excluding hydrogens is 318 g/mol. The number of carbonyl (C=O) groups is 2. The molecule has 0 saturated heterocycles. The Kier molecular flexibility index (Phi) is 5.33. The first-order chi connectivity index (χ1) is 10.9. The van der Waals surface area contributed by atoms with Gasteiger partial charge in [0, 0.05) is 29.7 Å². The molecule has 0 bridgehead atoms. The number of hydrogen-bond acceptors (Lipinski definition) is 4. The summed E-state index contributed by atoms with van der Waals surface area (Å²) in [6.07, 6.45) is 2.35. The minimum Gasteiger partial charge on any atom is -0.318 e. The number of halogens is 1. The van der Waals surface area contributed by atoms with Gasteiger partial charge in [0.15, 0.2) is 5.82 Å². The van der Waals surface area contributed by atoms with Crippen molar-refractivity contribution in [3.05, 3.63) is 35.2 Å². The number of carbonyl (C=O) groups excluding carboxylic acids is 2. The summed E-state index contributed by atoms with van der Waals surface area (Å²) in [7, 11) is 0. The Labute approximate surface area is 139 Å². The molecule has 2 rings (SSSR count). The van der Waals surface area contributed by atoms with Crippen molar-refractivity contribution in [1.29, 1.82) is 0 Å². The average Bonchev–Trinajstić information content (AvgIpc) is 2.87. The Morgan fingerprint density at radius 2 is 2.00 bits per heavy atom. The summed E-state index contributed by atoms with van der Waals surface area (Å²) in [5, 5.41) is 9.46. The summed E-state index contributed by atoms with van der Waals surface area (Å²) in [6, 6.07) is 4.93. The number of aryl methyl sites for hydroxylation is 1. The third-order valence-electron chi connectivity index (χ3n) is 3.36. The van der Waals surface area contributed by atoms with Crippen LogP contribution in [0.1, 0.15) is 32.0 Å². The van der Waals surface area contributed by atoms with Crippen LogP contribution in [0.4, 0.5) is 11.5 Å². The van der Waals surface area contributed by atoms with Crippen LogP contribution < -0.4 is 10.6 Å². The molecule has 0 radical (unpaired) electrons. The maximum atomic E-state index is 11.9. The molecule has 23 heavy (non-hydrogen) atoms. The van der Waals surface area contributed by atoms with Crippen LogP contribution >= 0.6 is 11.6 Å². The quantitative estimate of drug-likeness (QED) is 0.664. The number of anilines is 2. The van der Waals surface area contributed by atoms with Crippen molar-refractivity contribution in [2.24, 2.45) is 0 Å². The first-order valence-electron chi connectivity index (χ1n) is 7.20. The fourth-order valence-corrected chi connectivity index (χ4v) is 2.18. The Morgan fingerprint density at radius 3 is 2.65 bits per heavy atom. The van der Waals surface area contributed by atoms with E-state index in [2.05, 4.69) is 27.6 Å². The van der Waals surface area contributed by atoms with Crippen LogP contribution in [0.2, 0.25) is 5.15 Å². The van der Waals surface area contributed by atoms with Crippen LogP contribution in [0.5, 0.6) is 0 Å². The maximum absolute atomic E-state index is 11.9. The van der Waals surface area contributed by atoms with Gasteiger partial charge < -0.3 is 10.6 Å². The van der Waals surface area contributed by atoms with E-state index in [1.807, 2.05) is 18.5 Å². The third-order valence-corrected chi connectivity index (χ3v) is 3.57. The van der Waals surface area contributed by atoms with Gasteiger partial charge in [0.2, 0.25) is 0 Å². The van der Waals surface area contributed by atoms with Crippen molar-refractivity contribution >= 4 is 34.9 Å². The number of rotatable bonds is 4. The number of nitrogens with zero attached hydrogens (tertiary/aromatic N) is 3. The lowest BCUT2D eigenvalue weighted by molar-refractivity contribution is -0.133. The Morgan fingerprint density at radius 1 is 1.30 bits per heavy atom. The molecule has 8 heteroatoms. The molecule has 7 nitrogen and oxygen atoms in total. The van der Waals surface area contributed by atoms with E-state index in [-0.39, 0.29) is 11.2 Å². The fraction of sp³-hybridized carbons (Fsp3) is 0.333. The van der Waals surface area contributed by atoms with Crippen molar-refractivity contribution in [3.8, 4) is 0 Å². The highest BCUT2D eigenvalue weighted by Crippen LogP contribution is 2.17. The SMILES string of the molecule is CCC(C)n1nc(NC(=O)C(=O)Nc2ccnc(Cl)c2)cc1C. The zero-order valence-corrected chi connectivity index (χ0v) is 13.9. The summed E-state index contributed by atoms with van der Waals surface area (Å²) in [4.78, 5) is 27.6. The molecule has 0 fully saturated rings. The highest BCUT2D eigenvalue weighted by Gasteiger charge is 2.17. The summed E-state index contributed by atoms with van der Waals surface area (Å²) >= 11 is 5.73. The third kappa shape index (κ3) is 4.29. The second-order valence-electron chi connectivity index (χ2n) is 5.15. The van der Waals surface area contributed by atoms with Crippen molar-refractivity contribution in [2.45, 2.75) is 33.2 Å². The minimum atomic E-state index is -0.803. The molecule has 2 amide bonds. The average molecular weight is 336 g/mol. The van der Waals surface area contributed by atoms with E-state index in [0.717, 1.165) is 12.1 Å². The minimum absolute atomic E-state index is 0.216. The lowest BCUT2D eigenvalue weighted by Crippen LogP contribution is -2.29. The molecule has 2 aromatic rings. The van der Waals surface area contributed by atoms with E-state index in [9.17, 15) is 9.59 Å². The molecular formula is C15H18ClN5O2. The molecule has 2 heterocycles. The van der Waals surface area contributed by atoms with Gasteiger partial charge in [0.05, 0.1) is 0 Å². The van der Waals surface area contributed by atoms with Gasteiger partial charge in [-0.1, -0.05) is 18.5 Å². The standard InChI is InChI=1S/C15H18ClN5O2/c1-4-9(2)21-10(3)7-13(20-21)19-15(23)14(22)18-11-5-6-17-12(16)8-11/h5-9H,4H2,1-3H3,(H,17,18,22)(H,19,20,23). The molecule has 2 N–H and O–H groups in total. The van der Waals surface area contributed by atoms with Crippen LogP contribution in [0.3, 0.4) is 0 Å². The van der Waals surface area contributed by atoms with E-state index in [1.165, 1.54) is 12.3 Å². The Bertz CT molecular complexity index is 728. The molecule has 0 aliphatic rings. The van der Waals surface area contributed by atoms with E-state index in [4.69, 9.17) is 11.6 Å². The van der Waals surface area contributed by atoms with Gasteiger partial charge in [-0.15, -0.1) is 0 Å². The van der Waals surface area contributed by atoms with E-state index >= 15 is 0 Å². The monoisotopic (exact) mass is 335 g/mol. The second kappa shape index (κ2) is 7.23. The number of hydrogen-bond donors (Lipinski definition) is 2. The lowest BCUT2D eigenvalue weighted by atomic mass is 10.2. The van der Waals surface area contributed by atoms with Crippen LogP contribution in [0.25, 0.3) is 0 Å². The van der Waals surface area contributed by atoms with Gasteiger partial charge in [-0.05, 0) is 32.4 Å². The Hall–Kier alpha value is -2.41. The largest absolute Gasteiger partial charge is 0.318 e. The number of nitrogens with one attached hydrogen (secondary N) is 2. The summed E-state index contributed by atoms with van der Waals surface area (Å²) in [5.41, 5.74) is 1.31. The van der Waals surface area contributed by atoms with Crippen molar-refractivity contribution in [1.82, 2.24) is 14.8 Å². The Balaban J connectivity index is 2.02. The first-order valence-corrected chi connectivity index (χ1v) is 7.58. The molecule has 0 aliphatic heterocycles. The van der Waals surface area contributed by atoms with E-state index in [0.29, 0.717) is 11.5 Å².